The molecular weight excluding hydrogens is 311 g/mol. The summed E-state index contributed by atoms with van der Waals surface area (Å²) in [6, 6.07) is 10.4. The fourth-order valence-corrected chi connectivity index (χ4v) is 3.28. The molecule has 0 unspecified atom stereocenters. The highest BCUT2D eigenvalue weighted by molar-refractivity contribution is 7.13. The third-order valence-electron chi connectivity index (χ3n) is 3.72. The van der Waals surface area contributed by atoms with Crippen molar-refractivity contribution in [1.82, 2.24) is 14.6 Å². The van der Waals surface area contributed by atoms with Gasteiger partial charge < -0.3 is 5.73 Å². The Morgan fingerprint density at radius 1 is 1.13 bits per heavy atom. The van der Waals surface area contributed by atoms with Crippen LogP contribution >= 0.6 is 11.3 Å². The second kappa shape index (κ2) is 5.57. The molecule has 0 saturated carbocycles. The number of rotatable bonds is 3. The van der Waals surface area contributed by atoms with Crippen molar-refractivity contribution >= 4 is 16.9 Å². The van der Waals surface area contributed by atoms with Gasteiger partial charge in [0.2, 0.25) is 0 Å². The topological polar surface area (TPSA) is 56.2 Å². The third kappa shape index (κ3) is 2.42. The van der Waals surface area contributed by atoms with E-state index in [2.05, 4.69) is 4.98 Å². The number of benzene rings is 1. The Balaban J connectivity index is 2.01. The van der Waals surface area contributed by atoms with Gasteiger partial charge in [0.15, 0.2) is 0 Å². The summed E-state index contributed by atoms with van der Waals surface area (Å²) in [6.45, 7) is 0.456. The normalized spacial score (nSPS) is 11.2. The van der Waals surface area contributed by atoms with Crippen LogP contribution in [0.4, 0.5) is 4.39 Å². The van der Waals surface area contributed by atoms with E-state index in [-0.39, 0.29) is 5.82 Å². The SMILES string of the molecule is NCc1ccc2c(-c3cncs3)c(-c3ccc(F)cc3)nn2c1. The van der Waals surface area contributed by atoms with E-state index in [0.717, 1.165) is 32.8 Å². The number of thiazole rings is 1. The summed E-state index contributed by atoms with van der Waals surface area (Å²) in [5.41, 5.74) is 12.2. The molecule has 1 aromatic carbocycles. The lowest BCUT2D eigenvalue weighted by Crippen LogP contribution is -1.98. The van der Waals surface area contributed by atoms with Crippen molar-refractivity contribution in [2.24, 2.45) is 5.73 Å². The summed E-state index contributed by atoms with van der Waals surface area (Å²) in [5, 5.41) is 4.69. The largest absolute Gasteiger partial charge is 0.326 e. The molecule has 4 aromatic rings. The Bertz CT molecular complexity index is 958. The van der Waals surface area contributed by atoms with Gasteiger partial charge in [0, 0.05) is 30.1 Å². The van der Waals surface area contributed by atoms with Crippen molar-refractivity contribution in [2.45, 2.75) is 6.54 Å². The van der Waals surface area contributed by atoms with Gasteiger partial charge in [-0.2, -0.15) is 5.10 Å². The highest BCUT2D eigenvalue weighted by Gasteiger charge is 2.17. The molecule has 114 valence electrons. The predicted molar refractivity (Wildman–Crippen MR) is 89.6 cm³/mol. The second-order valence-corrected chi connectivity index (χ2v) is 6.05. The number of hydrogen-bond acceptors (Lipinski definition) is 4. The van der Waals surface area contributed by atoms with Crippen LogP contribution in [-0.4, -0.2) is 14.6 Å². The van der Waals surface area contributed by atoms with E-state index in [0.29, 0.717) is 6.54 Å². The lowest BCUT2D eigenvalue weighted by Gasteiger charge is -2.01. The number of nitrogens with zero attached hydrogens (tertiary/aromatic N) is 3. The van der Waals surface area contributed by atoms with Gasteiger partial charge in [-0.05, 0) is 35.9 Å². The summed E-state index contributed by atoms with van der Waals surface area (Å²) >= 11 is 1.55. The molecule has 0 aliphatic heterocycles. The van der Waals surface area contributed by atoms with Gasteiger partial charge in [0.05, 0.1) is 15.9 Å². The van der Waals surface area contributed by atoms with E-state index in [9.17, 15) is 4.39 Å². The lowest BCUT2D eigenvalue weighted by molar-refractivity contribution is 0.628. The van der Waals surface area contributed by atoms with Crippen molar-refractivity contribution in [2.75, 3.05) is 0 Å². The Morgan fingerprint density at radius 2 is 1.96 bits per heavy atom. The van der Waals surface area contributed by atoms with Crippen LogP contribution < -0.4 is 5.73 Å². The molecule has 2 N–H and O–H groups in total. The van der Waals surface area contributed by atoms with E-state index in [1.807, 2.05) is 29.0 Å². The molecule has 0 saturated heterocycles. The number of fused-ring (bicyclic) bond motifs is 1. The molecule has 0 aliphatic carbocycles. The first kappa shape index (κ1) is 14.0. The molecule has 0 fully saturated rings. The van der Waals surface area contributed by atoms with E-state index in [4.69, 9.17) is 10.8 Å². The van der Waals surface area contributed by atoms with E-state index in [1.165, 1.54) is 12.1 Å². The van der Waals surface area contributed by atoms with E-state index < -0.39 is 0 Å². The fourth-order valence-electron chi connectivity index (χ4n) is 2.60. The zero-order valence-corrected chi connectivity index (χ0v) is 12.9. The molecule has 0 amide bonds. The van der Waals surface area contributed by atoms with Crippen LogP contribution in [0.2, 0.25) is 0 Å². The van der Waals surface area contributed by atoms with Crippen LogP contribution in [0.5, 0.6) is 0 Å². The van der Waals surface area contributed by atoms with Crippen LogP contribution in [0.25, 0.3) is 27.2 Å². The maximum absolute atomic E-state index is 13.2. The molecule has 3 aromatic heterocycles. The summed E-state index contributed by atoms with van der Waals surface area (Å²) < 4.78 is 15.1. The molecule has 6 heteroatoms. The molecule has 0 radical (unpaired) electrons. The first-order valence-corrected chi connectivity index (χ1v) is 8.00. The summed E-state index contributed by atoms with van der Waals surface area (Å²) in [5.74, 6) is -0.262. The van der Waals surface area contributed by atoms with Gasteiger partial charge >= 0.3 is 0 Å². The molecule has 0 atom stereocenters. The fraction of sp³-hybridized carbons (Fsp3) is 0.0588. The number of pyridine rings is 1. The first-order valence-electron chi connectivity index (χ1n) is 7.12. The van der Waals surface area contributed by atoms with Gasteiger partial charge in [-0.1, -0.05) is 6.07 Å². The Labute approximate surface area is 136 Å². The van der Waals surface area contributed by atoms with Crippen molar-refractivity contribution in [3.8, 4) is 21.7 Å². The van der Waals surface area contributed by atoms with Crippen LogP contribution in [0.15, 0.2) is 54.3 Å². The van der Waals surface area contributed by atoms with Crippen molar-refractivity contribution in [3.05, 3.63) is 65.7 Å². The molecule has 0 spiro atoms. The van der Waals surface area contributed by atoms with Crippen LogP contribution in [-0.2, 0) is 6.54 Å². The molecule has 23 heavy (non-hydrogen) atoms. The van der Waals surface area contributed by atoms with Crippen LogP contribution in [0.1, 0.15) is 5.56 Å². The number of aromatic nitrogens is 3. The van der Waals surface area contributed by atoms with E-state index >= 15 is 0 Å². The number of nitrogens with two attached hydrogens (primary N) is 1. The molecule has 4 nitrogen and oxygen atoms in total. The summed E-state index contributed by atoms with van der Waals surface area (Å²) in [4.78, 5) is 5.20. The van der Waals surface area contributed by atoms with Gasteiger partial charge in [0.25, 0.3) is 0 Å². The highest BCUT2D eigenvalue weighted by Crippen LogP contribution is 2.37. The Morgan fingerprint density at radius 3 is 2.65 bits per heavy atom. The highest BCUT2D eigenvalue weighted by atomic mass is 32.1. The quantitative estimate of drug-likeness (QED) is 0.625. The van der Waals surface area contributed by atoms with Crippen LogP contribution in [0, 0.1) is 5.82 Å². The van der Waals surface area contributed by atoms with Gasteiger partial charge in [0.1, 0.15) is 11.5 Å². The predicted octanol–water partition coefficient (Wildman–Crippen LogP) is 3.72. The Hall–Kier alpha value is -2.57. The minimum Gasteiger partial charge on any atom is -0.326 e. The molecular formula is C17H13FN4S. The monoisotopic (exact) mass is 324 g/mol. The first-order chi connectivity index (χ1) is 11.3. The minimum atomic E-state index is -0.262. The van der Waals surface area contributed by atoms with Gasteiger partial charge in [-0.3, -0.25) is 4.98 Å². The Kier molecular flexibility index (Phi) is 3.40. The zero-order valence-electron chi connectivity index (χ0n) is 12.1. The third-order valence-corrected chi connectivity index (χ3v) is 4.51. The van der Waals surface area contributed by atoms with Gasteiger partial charge in [-0.15, -0.1) is 11.3 Å². The second-order valence-electron chi connectivity index (χ2n) is 5.17. The smallest absolute Gasteiger partial charge is 0.123 e. The zero-order chi connectivity index (χ0) is 15.8. The van der Waals surface area contributed by atoms with Crippen molar-refractivity contribution < 1.29 is 4.39 Å². The van der Waals surface area contributed by atoms with E-state index in [1.54, 1.807) is 29.0 Å². The molecule has 0 bridgehead atoms. The molecule has 4 rings (SSSR count). The lowest BCUT2D eigenvalue weighted by atomic mass is 10.1. The minimum absolute atomic E-state index is 0.262. The standard InChI is InChI=1S/C17H13FN4S/c18-13-4-2-12(3-5-13)17-16(15-8-20-10-23-15)14-6-1-11(7-19)9-22(14)21-17/h1-6,8-10H,7,19H2. The van der Waals surface area contributed by atoms with Crippen molar-refractivity contribution in [1.29, 1.82) is 0 Å². The van der Waals surface area contributed by atoms with Crippen molar-refractivity contribution in [3.63, 3.8) is 0 Å². The van der Waals surface area contributed by atoms with Gasteiger partial charge in [-0.25, -0.2) is 8.91 Å². The maximum atomic E-state index is 13.2. The summed E-state index contributed by atoms with van der Waals surface area (Å²) in [6.07, 6.45) is 3.75. The molecule has 3 heterocycles. The van der Waals surface area contributed by atoms with Crippen LogP contribution in [0.3, 0.4) is 0 Å². The number of halogens is 1. The maximum Gasteiger partial charge on any atom is 0.123 e. The average Bonchev–Trinajstić information content (AvgIpc) is 3.21. The summed E-state index contributed by atoms with van der Waals surface area (Å²) in [7, 11) is 0. The number of hydrogen-bond donors (Lipinski definition) is 1. The average molecular weight is 324 g/mol. The molecule has 0 aliphatic rings.